The first-order valence-electron chi connectivity index (χ1n) is 5.47. The van der Waals surface area contributed by atoms with E-state index in [1.807, 2.05) is 12.1 Å². The third-order valence-electron chi connectivity index (χ3n) is 2.59. The minimum absolute atomic E-state index is 0.0974. The van der Waals surface area contributed by atoms with Gasteiger partial charge in [0, 0.05) is 11.8 Å². The maximum Gasteiger partial charge on any atom is 0.216 e. The van der Waals surface area contributed by atoms with E-state index in [9.17, 15) is 4.39 Å². The predicted octanol–water partition coefficient (Wildman–Crippen LogP) is 1.50. The van der Waals surface area contributed by atoms with E-state index in [0.717, 1.165) is 0 Å². The molecule has 8 heteroatoms. The van der Waals surface area contributed by atoms with Gasteiger partial charge >= 0.3 is 0 Å². The number of aromatic amines is 1. The first-order chi connectivity index (χ1) is 9.67. The molecule has 2 N–H and O–H groups in total. The second-order valence-corrected chi connectivity index (χ2v) is 3.76. The molecule has 2 aromatic rings. The Morgan fingerprint density at radius 3 is 2.85 bits per heavy atom. The Bertz CT molecular complexity index is 734. The van der Waals surface area contributed by atoms with Crippen LogP contribution in [0.3, 0.4) is 0 Å². The number of tetrazole rings is 1. The summed E-state index contributed by atoms with van der Waals surface area (Å²) in [7, 11) is 0. The van der Waals surface area contributed by atoms with Crippen molar-refractivity contribution in [2.75, 3.05) is 5.32 Å². The van der Waals surface area contributed by atoms with Gasteiger partial charge in [0.15, 0.2) is 5.82 Å². The molecule has 0 amide bonds. The van der Waals surface area contributed by atoms with Crippen LogP contribution in [0.15, 0.2) is 18.3 Å². The highest BCUT2D eigenvalue weighted by atomic mass is 19.1. The highest BCUT2D eigenvalue weighted by molar-refractivity contribution is 5.74. The SMILES string of the molecule is Cc1c(C#N)ccc(NC=C(C#N)c2nn[nH]n2)c1F. The summed E-state index contributed by atoms with van der Waals surface area (Å²) in [5.41, 5.74) is 0.748. The van der Waals surface area contributed by atoms with Crippen molar-refractivity contribution in [3.05, 3.63) is 41.1 Å². The zero-order valence-corrected chi connectivity index (χ0v) is 10.3. The Hall–Kier alpha value is -3.26. The number of nitrogens with one attached hydrogen (secondary N) is 2. The van der Waals surface area contributed by atoms with E-state index in [0.29, 0.717) is 0 Å². The molecule has 0 aliphatic carbocycles. The van der Waals surface area contributed by atoms with Crippen LogP contribution in [-0.4, -0.2) is 20.6 Å². The van der Waals surface area contributed by atoms with E-state index in [1.165, 1.54) is 25.3 Å². The van der Waals surface area contributed by atoms with Crippen molar-refractivity contribution >= 4 is 11.3 Å². The van der Waals surface area contributed by atoms with Crippen molar-refractivity contribution < 1.29 is 4.39 Å². The van der Waals surface area contributed by atoms with Gasteiger partial charge in [0.05, 0.1) is 17.3 Å². The van der Waals surface area contributed by atoms with Crippen LogP contribution in [-0.2, 0) is 0 Å². The summed E-state index contributed by atoms with van der Waals surface area (Å²) >= 11 is 0. The van der Waals surface area contributed by atoms with E-state index >= 15 is 0 Å². The van der Waals surface area contributed by atoms with Gasteiger partial charge in [0.1, 0.15) is 11.6 Å². The van der Waals surface area contributed by atoms with Crippen LogP contribution in [0.2, 0.25) is 0 Å². The molecule has 1 aromatic heterocycles. The lowest BCUT2D eigenvalue weighted by Gasteiger charge is -2.06. The lowest BCUT2D eigenvalue weighted by molar-refractivity contribution is 0.622. The quantitative estimate of drug-likeness (QED) is 0.816. The van der Waals surface area contributed by atoms with Gasteiger partial charge in [-0.3, -0.25) is 0 Å². The average molecular weight is 269 g/mol. The number of aromatic nitrogens is 4. The Labute approximate surface area is 113 Å². The molecule has 0 spiro atoms. The van der Waals surface area contributed by atoms with E-state index in [-0.39, 0.29) is 28.2 Å². The molecule has 20 heavy (non-hydrogen) atoms. The second-order valence-electron chi connectivity index (χ2n) is 3.76. The summed E-state index contributed by atoms with van der Waals surface area (Å²) in [5.74, 6) is -0.448. The molecular formula is C12H8FN7. The van der Waals surface area contributed by atoms with Crippen molar-refractivity contribution in [1.29, 1.82) is 10.5 Å². The number of anilines is 1. The van der Waals surface area contributed by atoms with Crippen LogP contribution in [0.4, 0.5) is 10.1 Å². The van der Waals surface area contributed by atoms with Gasteiger partial charge in [-0.2, -0.15) is 15.7 Å². The number of allylic oxidation sites excluding steroid dienone is 1. The van der Waals surface area contributed by atoms with Gasteiger partial charge < -0.3 is 5.32 Å². The average Bonchev–Trinajstić information content (AvgIpc) is 2.98. The summed E-state index contributed by atoms with van der Waals surface area (Å²) < 4.78 is 14.0. The molecule has 0 saturated heterocycles. The molecule has 0 aliphatic heterocycles. The fraction of sp³-hybridized carbons (Fsp3) is 0.0833. The number of halogens is 1. The molecule has 0 unspecified atom stereocenters. The van der Waals surface area contributed by atoms with Crippen LogP contribution in [0.5, 0.6) is 0 Å². The lowest BCUT2D eigenvalue weighted by atomic mass is 10.1. The van der Waals surface area contributed by atoms with Gasteiger partial charge in [-0.25, -0.2) is 4.39 Å². The number of H-pyrrole nitrogens is 1. The Balaban J connectivity index is 2.30. The summed E-state index contributed by atoms with van der Waals surface area (Å²) in [6.45, 7) is 1.51. The van der Waals surface area contributed by atoms with Crippen LogP contribution >= 0.6 is 0 Å². The smallest absolute Gasteiger partial charge is 0.216 e. The zero-order valence-electron chi connectivity index (χ0n) is 10.3. The van der Waals surface area contributed by atoms with E-state index in [4.69, 9.17) is 10.5 Å². The second kappa shape index (κ2) is 5.59. The first kappa shape index (κ1) is 13.2. The predicted molar refractivity (Wildman–Crippen MR) is 67.2 cm³/mol. The highest BCUT2D eigenvalue weighted by Crippen LogP contribution is 2.21. The molecule has 0 fully saturated rings. The molecule has 7 nitrogen and oxygen atoms in total. The number of nitriles is 2. The normalized spacial score (nSPS) is 10.7. The van der Waals surface area contributed by atoms with E-state index in [1.54, 1.807) is 0 Å². The maximum atomic E-state index is 14.0. The number of nitrogens with zero attached hydrogens (tertiary/aromatic N) is 5. The van der Waals surface area contributed by atoms with Crippen molar-refractivity contribution in [3.63, 3.8) is 0 Å². The molecule has 1 aromatic carbocycles. The Kier molecular flexibility index (Phi) is 3.68. The standard InChI is InChI=1S/C12H8FN7/c1-7-8(4-14)2-3-10(11(7)13)16-6-9(5-15)12-17-19-20-18-12/h2-3,6,16H,1H3,(H,17,18,19,20). The van der Waals surface area contributed by atoms with Crippen LogP contribution < -0.4 is 5.32 Å². The van der Waals surface area contributed by atoms with Crippen molar-refractivity contribution in [2.24, 2.45) is 0 Å². The fourth-order valence-corrected chi connectivity index (χ4v) is 1.49. The van der Waals surface area contributed by atoms with Gasteiger partial charge in [0.25, 0.3) is 0 Å². The third kappa shape index (κ3) is 2.44. The summed E-state index contributed by atoms with van der Waals surface area (Å²) in [6.07, 6.45) is 1.27. The molecule has 2 rings (SSSR count). The summed E-state index contributed by atoms with van der Waals surface area (Å²) in [6, 6.07) is 6.68. The lowest BCUT2D eigenvalue weighted by Crippen LogP contribution is -1.98. The van der Waals surface area contributed by atoms with Crippen molar-refractivity contribution in [3.8, 4) is 12.1 Å². The minimum atomic E-state index is -0.550. The van der Waals surface area contributed by atoms with E-state index in [2.05, 4.69) is 25.9 Å². The van der Waals surface area contributed by atoms with Gasteiger partial charge in [-0.1, -0.05) is 0 Å². The van der Waals surface area contributed by atoms with Crippen molar-refractivity contribution in [1.82, 2.24) is 20.6 Å². The highest BCUT2D eigenvalue weighted by Gasteiger charge is 2.10. The Morgan fingerprint density at radius 2 is 2.25 bits per heavy atom. The number of benzene rings is 1. The maximum absolute atomic E-state index is 14.0. The van der Waals surface area contributed by atoms with Crippen LogP contribution in [0, 0.1) is 35.4 Å². The van der Waals surface area contributed by atoms with Gasteiger partial charge in [-0.15, -0.1) is 10.2 Å². The monoisotopic (exact) mass is 269 g/mol. The molecule has 98 valence electrons. The number of hydrogen-bond donors (Lipinski definition) is 2. The molecule has 0 bridgehead atoms. The Morgan fingerprint density at radius 1 is 1.45 bits per heavy atom. The molecule has 0 atom stereocenters. The zero-order chi connectivity index (χ0) is 14.5. The number of rotatable bonds is 3. The summed E-state index contributed by atoms with van der Waals surface area (Å²) in [4.78, 5) is 0. The molecule has 1 heterocycles. The third-order valence-corrected chi connectivity index (χ3v) is 2.59. The minimum Gasteiger partial charge on any atom is -0.358 e. The van der Waals surface area contributed by atoms with Gasteiger partial charge in [0.2, 0.25) is 5.82 Å². The number of hydrogen-bond acceptors (Lipinski definition) is 6. The molecule has 0 saturated carbocycles. The van der Waals surface area contributed by atoms with Crippen LogP contribution in [0.25, 0.3) is 5.57 Å². The fourth-order valence-electron chi connectivity index (χ4n) is 1.49. The molecule has 0 radical (unpaired) electrons. The largest absolute Gasteiger partial charge is 0.358 e. The van der Waals surface area contributed by atoms with E-state index < -0.39 is 5.82 Å². The summed E-state index contributed by atoms with van der Waals surface area (Å²) in [5, 5.41) is 33.3. The first-order valence-corrected chi connectivity index (χ1v) is 5.47. The molecular weight excluding hydrogens is 261 g/mol. The van der Waals surface area contributed by atoms with Crippen molar-refractivity contribution in [2.45, 2.75) is 6.92 Å². The van der Waals surface area contributed by atoms with Crippen LogP contribution in [0.1, 0.15) is 17.0 Å². The topological polar surface area (TPSA) is 114 Å². The molecule has 0 aliphatic rings. The van der Waals surface area contributed by atoms with Gasteiger partial charge in [-0.05, 0) is 24.3 Å².